The molecule has 5 atom stereocenters. The molecule has 0 unspecified atom stereocenters. The predicted octanol–water partition coefficient (Wildman–Crippen LogP) is -2.76. The fourth-order valence-electron chi connectivity index (χ4n) is 3.72. The van der Waals surface area contributed by atoms with Crippen LogP contribution in [0.5, 0.6) is 0 Å². The molecule has 0 radical (unpaired) electrons. The molecular weight excluding hydrogens is 448 g/mol. The lowest BCUT2D eigenvalue weighted by Crippen LogP contribution is -2.59. The second-order valence-corrected chi connectivity index (χ2v) is 8.47. The number of nitrogens with two attached hydrogens (primary N) is 2. The zero-order valence-corrected chi connectivity index (χ0v) is 19.8. The molecule has 0 aliphatic carbocycles. The van der Waals surface area contributed by atoms with Crippen LogP contribution in [0.2, 0.25) is 0 Å². The highest BCUT2D eigenvalue weighted by Gasteiger charge is 2.39. The first-order valence-corrected chi connectivity index (χ1v) is 11.3. The molecule has 0 saturated carbocycles. The first-order chi connectivity index (χ1) is 15.9. The Labute approximate surface area is 198 Å². The average molecular weight is 485 g/mol. The Morgan fingerprint density at radius 3 is 2.21 bits per heavy atom. The van der Waals surface area contributed by atoms with E-state index in [0.717, 1.165) is 0 Å². The minimum Gasteiger partial charge on any atom is -0.394 e. The lowest BCUT2D eigenvalue weighted by Gasteiger charge is -2.30. The Kier molecular flexibility index (Phi) is 11.4. The Hall–Kier alpha value is -3.22. The van der Waals surface area contributed by atoms with Gasteiger partial charge in [0.2, 0.25) is 35.4 Å². The molecule has 0 aromatic carbocycles. The summed E-state index contributed by atoms with van der Waals surface area (Å²) in [6, 6.07) is -4.25. The van der Waals surface area contributed by atoms with Crippen molar-refractivity contribution in [3.63, 3.8) is 0 Å². The van der Waals surface area contributed by atoms with Crippen molar-refractivity contribution in [3.8, 4) is 0 Å². The van der Waals surface area contributed by atoms with E-state index in [4.69, 9.17) is 11.5 Å². The quantitative estimate of drug-likeness (QED) is 0.162. The van der Waals surface area contributed by atoms with Crippen molar-refractivity contribution < 1.29 is 33.9 Å². The second-order valence-electron chi connectivity index (χ2n) is 8.47. The molecular formula is C21H36N6O7. The first kappa shape index (κ1) is 28.8. The molecule has 1 saturated heterocycles. The lowest BCUT2D eigenvalue weighted by atomic mass is 9.97. The van der Waals surface area contributed by atoms with Crippen LogP contribution in [0.25, 0.3) is 0 Å². The molecule has 192 valence electrons. The maximum atomic E-state index is 13.1. The van der Waals surface area contributed by atoms with Crippen LogP contribution in [-0.4, -0.2) is 82.8 Å². The SMILES string of the molecule is CC[C@H](C)[C@H](NC(=O)[C@@H]1CCCN1C(=O)[C@H](CO)NC(C)=O)C(=O)N[C@@H](CCC(N)=O)C(N)=O. The number of likely N-dealkylation sites (tertiary alicyclic amines) is 1. The molecule has 8 N–H and O–H groups in total. The maximum absolute atomic E-state index is 13.1. The third kappa shape index (κ3) is 8.28. The second kappa shape index (κ2) is 13.5. The van der Waals surface area contributed by atoms with Crippen molar-refractivity contribution in [2.75, 3.05) is 13.2 Å². The van der Waals surface area contributed by atoms with Crippen molar-refractivity contribution in [1.82, 2.24) is 20.9 Å². The molecule has 1 fully saturated rings. The summed E-state index contributed by atoms with van der Waals surface area (Å²) in [5, 5.41) is 17.0. The molecule has 1 aliphatic rings. The van der Waals surface area contributed by atoms with Crippen LogP contribution < -0.4 is 27.4 Å². The number of hydrogen-bond donors (Lipinski definition) is 6. The summed E-state index contributed by atoms with van der Waals surface area (Å²) in [6.45, 7) is 4.40. The Morgan fingerprint density at radius 1 is 1.06 bits per heavy atom. The van der Waals surface area contributed by atoms with E-state index in [0.29, 0.717) is 19.3 Å². The average Bonchev–Trinajstić information content (AvgIpc) is 3.26. The van der Waals surface area contributed by atoms with Gasteiger partial charge in [-0.3, -0.25) is 28.8 Å². The fraction of sp³-hybridized carbons (Fsp3) is 0.714. The van der Waals surface area contributed by atoms with E-state index >= 15 is 0 Å². The van der Waals surface area contributed by atoms with E-state index in [1.807, 2.05) is 6.92 Å². The summed E-state index contributed by atoms with van der Waals surface area (Å²) in [4.78, 5) is 74.1. The Balaban J connectivity index is 2.98. The van der Waals surface area contributed by atoms with E-state index < -0.39 is 66.2 Å². The van der Waals surface area contributed by atoms with E-state index in [9.17, 15) is 33.9 Å². The van der Waals surface area contributed by atoms with Gasteiger partial charge in [0.1, 0.15) is 24.2 Å². The van der Waals surface area contributed by atoms with Crippen molar-refractivity contribution in [1.29, 1.82) is 0 Å². The molecule has 34 heavy (non-hydrogen) atoms. The van der Waals surface area contributed by atoms with Crippen LogP contribution >= 0.6 is 0 Å². The maximum Gasteiger partial charge on any atom is 0.248 e. The third-order valence-corrected chi connectivity index (χ3v) is 5.83. The number of hydrogen-bond acceptors (Lipinski definition) is 7. The number of rotatable bonds is 13. The van der Waals surface area contributed by atoms with Gasteiger partial charge in [-0.25, -0.2) is 0 Å². The van der Waals surface area contributed by atoms with E-state index in [2.05, 4.69) is 16.0 Å². The van der Waals surface area contributed by atoms with Gasteiger partial charge >= 0.3 is 0 Å². The van der Waals surface area contributed by atoms with Crippen LogP contribution in [0.15, 0.2) is 0 Å². The normalized spacial score (nSPS) is 18.8. The van der Waals surface area contributed by atoms with Crippen molar-refractivity contribution in [2.24, 2.45) is 17.4 Å². The van der Waals surface area contributed by atoms with Gasteiger partial charge in [-0.1, -0.05) is 20.3 Å². The monoisotopic (exact) mass is 484 g/mol. The molecule has 0 bridgehead atoms. The molecule has 0 spiro atoms. The predicted molar refractivity (Wildman–Crippen MR) is 120 cm³/mol. The molecule has 6 amide bonds. The first-order valence-electron chi connectivity index (χ1n) is 11.3. The third-order valence-electron chi connectivity index (χ3n) is 5.83. The summed E-state index contributed by atoms with van der Waals surface area (Å²) in [6.07, 6.45) is 1.15. The molecule has 13 heteroatoms. The highest BCUT2D eigenvalue weighted by molar-refractivity contribution is 5.95. The molecule has 13 nitrogen and oxygen atoms in total. The minimum atomic E-state index is -1.18. The van der Waals surface area contributed by atoms with Gasteiger partial charge in [-0.2, -0.15) is 0 Å². The zero-order valence-electron chi connectivity index (χ0n) is 19.8. The molecule has 1 aliphatic heterocycles. The Morgan fingerprint density at radius 2 is 1.71 bits per heavy atom. The molecule has 1 heterocycles. The number of aliphatic hydroxyl groups is 1. The summed E-state index contributed by atoms with van der Waals surface area (Å²) in [7, 11) is 0. The molecule has 0 aromatic heterocycles. The number of carbonyl (C=O) groups is 6. The van der Waals surface area contributed by atoms with Gasteiger partial charge in [-0.05, 0) is 25.2 Å². The number of amides is 6. The van der Waals surface area contributed by atoms with Gasteiger partial charge in [0, 0.05) is 19.9 Å². The highest BCUT2D eigenvalue weighted by Crippen LogP contribution is 2.20. The van der Waals surface area contributed by atoms with Crippen LogP contribution in [0.3, 0.4) is 0 Å². The summed E-state index contributed by atoms with van der Waals surface area (Å²) in [5.41, 5.74) is 10.4. The smallest absolute Gasteiger partial charge is 0.248 e. The van der Waals surface area contributed by atoms with Crippen LogP contribution in [0, 0.1) is 5.92 Å². The van der Waals surface area contributed by atoms with E-state index in [1.165, 1.54) is 11.8 Å². The molecule has 0 aromatic rings. The van der Waals surface area contributed by atoms with Crippen LogP contribution in [-0.2, 0) is 28.8 Å². The summed E-state index contributed by atoms with van der Waals surface area (Å²) >= 11 is 0. The highest BCUT2D eigenvalue weighted by atomic mass is 16.3. The standard InChI is InChI=1S/C21H36N6O7/c1-4-11(2)17(20(33)25-13(18(23)31)7-8-16(22)30)26-19(32)15-6-5-9-27(15)21(34)14(10-28)24-12(3)29/h11,13-15,17,28H,4-10H2,1-3H3,(H2,22,30)(H2,23,31)(H,24,29)(H,25,33)(H,26,32)/t11-,13-,14-,15-,17-/m0/s1. The minimum absolute atomic E-state index is 0.0752. The molecule has 1 rings (SSSR count). The van der Waals surface area contributed by atoms with Crippen LogP contribution in [0.1, 0.15) is 52.9 Å². The largest absolute Gasteiger partial charge is 0.394 e. The summed E-state index contributed by atoms with van der Waals surface area (Å²) < 4.78 is 0. The van der Waals surface area contributed by atoms with Crippen molar-refractivity contribution in [2.45, 2.75) is 77.0 Å². The lowest BCUT2D eigenvalue weighted by molar-refractivity contribution is -0.143. The zero-order chi connectivity index (χ0) is 26.0. The van der Waals surface area contributed by atoms with Gasteiger partial charge in [0.05, 0.1) is 6.61 Å². The van der Waals surface area contributed by atoms with Gasteiger partial charge in [-0.15, -0.1) is 0 Å². The Bertz CT molecular complexity index is 790. The van der Waals surface area contributed by atoms with Crippen molar-refractivity contribution in [3.05, 3.63) is 0 Å². The number of aliphatic hydroxyl groups excluding tert-OH is 1. The van der Waals surface area contributed by atoms with Crippen molar-refractivity contribution >= 4 is 35.4 Å². The van der Waals surface area contributed by atoms with E-state index in [-0.39, 0.29) is 25.3 Å². The van der Waals surface area contributed by atoms with Gasteiger partial charge < -0.3 is 37.4 Å². The number of primary amides is 2. The van der Waals surface area contributed by atoms with Crippen LogP contribution in [0.4, 0.5) is 0 Å². The van der Waals surface area contributed by atoms with Gasteiger partial charge in [0.25, 0.3) is 0 Å². The summed E-state index contributed by atoms with van der Waals surface area (Å²) in [5.74, 6) is -4.15. The van der Waals surface area contributed by atoms with E-state index in [1.54, 1.807) is 6.92 Å². The number of carbonyl (C=O) groups excluding carboxylic acids is 6. The topological polar surface area (TPSA) is 214 Å². The fourth-order valence-corrected chi connectivity index (χ4v) is 3.72. The number of nitrogens with zero attached hydrogens (tertiary/aromatic N) is 1. The number of nitrogens with one attached hydrogen (secondary N) is 3. The van der Waals surface area contributed by atoms with Gasteiger partial charge in [0.15, 0.2) is 0 Å².